The summed E-state index contributed by atoms with van der Waals surface area (Å²) in [4.78, 5) is 12.7. The smallest absolute Gasteiger partial charge is 0.242 e. The Morgan fingerprint density at radius 1 is 0.865 bits per heavy atom. The molecule has 0 bridgehead atoms. The molecule has 0 saturated heterocycles. The maximum absolute atomic E-state index is 12.4. The third-order valence-electron chi connectivity index (χ3n) is 5.35. The van der Waals surface area contributed by atoms with E-state index in [0.717, 1.165) is 16.8 Å². The predicted octanol–water partition coefficient (Wildman–Crippen LogP) is 3.10. The number of rotatable bonds is 9. The van der Waals surface area contributed by atoms with Crippen molar-refractivity contribution >= 4 is 43.2 Å². The van der Waals surface area contributed by atoms with E-state index in [0.29, 0.717) is 17.1 Å². The van der Waals surface area contributed by atoms with Crippen LogP contribution in [0.2, 0.25) is 0 Å². The van der Waals surface area contributed by atoms with E-state index in [4.69, 9.17) is 5.14 Å². The highest BCUT2D eigenvalue weighted by Gasteiger charge is 2.14. The highest BCUT2D eigenvalue weighted by Crippen LogP contribution is 2.24. The van der Waals surface area contributed by atoms with E-state index in [1.807, 2.05) is 6.92 Å². The maximum Gasteiger partial charge on any atom is 0.242 e. The van der Waals surface area contributed by atoms with Crippen LogP contribution < -0.4 is 20.5 Å². The molecule has 0 fully saturated rings. The zero-order valence-corrected chi connectivity index (χ0v) is 21.6. The Morgan fingerprint density at radius 3 is 2.27 bits per heavy atom. The van der Waals surface area contributed by atoms with Gasteiger partial charge in [0.25, 0.3) is 0 Å². The SMILES string of the molecule is Cc1ccc(Nc2ncc(C)c(Nc3ccc(CNS(=O)(=O)c4cccnc4)cc3)n2)cc1S(N)(=O)=O. The van der Waals surface area contributed by atoms with E-state index < -0.39 is 20.0 Å². The summed E-state index contributed by atoms with van der Waals surface area (Å²) in [5.74, 6) is 0.806. The van der Waals surface area contributed by atoms with Gasteiger partial charge in [-0.2, -0.15) is 4.98 Å². The molecule has 11 nitrogen and oxygen atoms in total. The topological polar surface area (TPSA) is 169 Å². The second kappa shape index (κ2) is 10.6. The molecule has 0 radical (unpaired) electrons. The van der Waals surface area contributed by atoms with Crippen molar-refractivity contribution in [1.82, 2.24) is 19.7 Å². The molecular formula is C24H25N7O4S2. The Labute approximate surface area is 215 Å². The van der Waals surface area contributed by atoms with Crippen LogP contribution in [-0.2, 0) is 26.6 Å². The van der Waals surface area contributed by atoms with Gasteiger partial charge in [0.15, 0.2) is 0 Å². The van der Waals surface area contributed by atoms with Crippen LogP contribution in [0.25, 0.3) is 0 Å². The van der Waals surface area contributed by atoms with Crippen LogP contribution >= 0.6 is 0 Å². The third kappa shape index (κ3) is 6.65. The molecule has 0 atom stereocenters. The first-order valence-electron chi connectivity index (χ1n) is 11.0. The summed E-state index contributed by atoms with van der Waals surface area (Å²) in [6.45, 7) is 3.63. The van der Waals surface area contributed by atoms with Crippen LogP contribution in [-0.4, -0.2) is 31.8 Å². The molecule has 2 heterocycles. The fourth-order valence-corrected chi connectivity index (χ4v) is 5.14. The molecule has 0 aliphatic heterocycles. The van der Waals surface area contributed by atoms with Gasteiger partial charge >= 0.3 is 0 Å². The number of sulfonamides is 2. The summed E-state index contributed by atoms with van der Waals surface area (Å²) in [5.41, 5.74) is 3.30. The van der Waals surface area contributed by atoms with Gasteiger partial charge < -0.3 is 10.6 Å². The number of hydrogen-bond acceptors (Lipinski definition) is 9. The largest absolute Gasteiger partial charge is 0.340 e. The van der Waals surface area contributed by atoms with Crippen LogP contribution in [0.4, 0.5) is 23.1 Å². The van der Waals surface area contributed by atoms with E-state index in [1.165, 1.54) is 24.5 Å². The van der Waals surface area contributed by atoms with Crippen molar-refractivity contribution in [2.45, 2.75) is 30.2 Å². The van der Waals surface area contributed by atoms with Crippen LogP contribution in [0.5, 0.6) is 0 Å². The number of primary sulfonamides is 1. The highest BCUT2D eigenvalue weighted by molar-refractivity contribution is 7.89. The third-order valence-corrected chi connectivity index (χ3v) is 7.79. The van der Waals surface area contributed by atoms with Crippen LogP contribution in [0.15, 0.2) is 83.0 Å². The number of nitrogens with zero attached hydrogens (tertiary/aromatic N) is 3. The standard InChI is InChI=1S/C24H25N7O4S2/c1-16-5-8-20(12-22(16)36(25,32)33)30-24-27-13-17(2)23(31-24)29-19-9-6-18(7-10-19)14-28-37(34,35)21-4-3-11-26-15-21/h3-13,15,28H,14H2,1-2H3,(H2,25,32,33)(H2,27,29,30,31). The van der Waals surface area contributed by atoms with Crippen LogP contribution in [0.1, 0.15) is 16.7 Å². The molecule has 0 amide bonds. The number of aromatic nitrogens is 3. The first-order valence-corrected chi connectivity index (χ1v) is 14.0. The average molecular weight is 540 g/mol. The molecule has 0 spiro atoms. The van der Waals surface area contributed by atoms with Crippen molar-refractivity contribution in [2.75, 3.05) is 10.6 Å². The monoisotopic (exact) mass is 539 g/mol. The minimum Gasteiger partial charge on any atom is -0.340 e. The first kappa shape index (κ1) is 26.2. The lowest BCUT2D eigenvalue weighted by atomic mass is 10.2. The Hall–Kier alpha value is -3.91. The maximum atomic E-state index is 12.4. The van der Waals surface area contributed by atoms with Crippen molar-refractivity contribution in [3.05, 3.63) is 89.9 Å². The number of hydrogen-bond donors (Lipinski definition) is 4. The van der Waals surface area contributed by atoms with Gasteiger partial charge in [0.05, 0.1) is 4.90 Å². The molecule has 0 aliphatic carbocycles. The molecule has 2 aromatic heterocycles. The van der Waals surface area contributed by atoms with Gasteiger partial charge in [-0.15, -0.1) is 0 Å². The fourth-order valence-electron chi connectivity index (χ4n) is 3.35. The zero-order chi connectivity index (χ0) is 26.6. The normalized spacial score (nSPS) is 11.8. The summed E-state index contributed by atoms with van der Waals surface area (Å²) >= 11 is 0. The predicted molar refractivity (Wildman–Crippen MR) is 141 cm³/mol. The zero-order valence-electron chi connectivity index (χ0n) is 20.0. The molecule has 4 aromatic rings. The molecule has 5 N–H and O–H groups in total. The van der Waals surface area contributed by atoms with E-state index in [9.17, 15) is 16.8 Å². The Kier molecular flexibility index (Phi) is 7.50. The number of benzene rings is 2. The Bertz CT molecular complexity index is 1630. The van der Waals surface area contributed by atoms with Crippen LogP contribution in [0.3, 0.4) is 0 Å². The molecule has 192 valence electrons. The summed E-state index contributed by atoms with van der Waals surface area (Å²) in [5, 5.41) is 11.5. The number of aryl methyl sites for hydroxylation is 2. The first-order chi connectivity index (χ1) is 17.5. The minimum absolute atomic E-state index is 0.0192. The van der Waals surface area contributed by atoms with Gasteiger partial charge in [-0.25, -0.2) is 31.7 Å². The molecule has 13 heteroatoms. The molecule has 37 heavy (non-hydrogen) atoms. The lowest BCUT2D eigenvalue weighted by Crippen LogP contribution is -2.23. The van der Waals surface area contributed by atoms with Crippen molar-refractivity contribution < 1.29 is 16.8 Å². The van der Waals surface area contributed by atoms with Crippen molar-refractivity contribution in [3.8, 4) is 0 Å². The number of nitrogens with two attached hydrogens (primary N) is 1. The molecule has 2 aromatic carbocycles. The lowest BCUT2D eigenvalue weighted by Gasteiger charge is -2.13. The van der Waals surface area contributed by atoms with Gasteiger partial charge in [-0.1, -0.05) is 18.2 Å². The second-order valence-electron chi connectivity index (χ2n) is 8.21. The second-order valence-corrected chi connectivity index (χ2v) is 11.5. The van der Waals surface area contributed by atoms with Crippen molar-refractivity contribution in [1.29, 1.82) is 0 Å². The quantitative estimate of drug-likeness (QED) is 0.250. The number of nitrogens with one attached hydrogen (secondary N) is 3. The Balaban J connectivity index is 1.44. The average Bonchev–Trinajstić information content (AvgIpc) is 2.87. The molecule has 0 unspecified atom stereocenters. The van der Waals surface area contributed by atoms with E-state index in [-0.39, 0.29) is 22.3 Å². The van der Waals surface area contributed by atoms with Crippen molar-refractivity contribution in [2.24, 2.45) is 5.14 Å². The van der Waals surface area contributed by atoms with E-state index in [1.54, 1.807) is 55.6 Å². The van der Waals surface area contributed by atoms with E-state index >= 15 is 0 Å². The summed E-state index contributed by atoms with van der Waals surface area (Å²) in [6.07, 6.45) is 4.43. The fraction of sp³-hybridized carbons (Fsp3) is 0.125. The lowest BCUT2D eigenvalue weighted by molar-refractivity contribution is 0.580. The Morgan fingerprint density at radius 2 is 1.59 bits per heavy atom. The van der Waals surface area contributed by atoms with Gasteiger partial charge in [0, 0.05) is 42.1 Å². The van der Waals surface area contributed by atoms with Gasteiger partial charge in [-0.3, -0.25) is 4.98 Å². The van der Waals surface area contributed by atoms with Gasteiger partial charge in [0.2, 0.25) is 26.0 Å². The van der Waals surface area contributed by atoms with Crippen LogP contribution in [0, 0.1) is 13.8 Å². The van der Waals surface area contributed by atoms with Gasteiger partial charge in [0.1, 0.15) is 10.7 Å². The number of anilines is 4. The molecule has 0 saturated carbocycles. The highest BCUT2D eigenvalue weighted by atomic mass is 32.2. The molecular weight excluding hydrogens is 514 g/mol. The summed E-state index contributed by atoms with van der Waals surface area (Å²) in [6, 6.07) is 15.0. The molecule has 4 rings (SSSR count). The number of pyridine rings is 1. The van der Waals surface area contributed by atoms with Crippen molar-refractivity contribution in [3.63, 3.8) is 0 Å². The summed E-state index contributed by atoms with van der Waals surface area (Å²) < 4.78 is 50.9. The molecule has 0 aliphatic rings. The van der Waals surface area contributed by atoms with E-state index in [2.05, 4.69) is 30.3 Å². The van der Waals surface area contributed by atoms with Gasteiger partial charge in [-0.05, 0) is 61.4 Å². The minimum atomic E-state index is -3.87. The summed E-state index contributed by atoms with van der Waals surface area (Å²) in [7, 11) is -7.53.